The van der Waals surface area contributed by atoms with Crippen LogP contribution in [-0.4, -0.2) is 21.3 Å². The zero-order valence-corrected chi connectivity index (χ0v) is 13.2. The number of anilines is 1. The quantitative estimate of drug-likeness (QED) is 0.636. The van der Waals surface area contributed by atoms with Gasteiger partial charge in [0.05, 0.1) is 12.3 Å². The van der Waals surface area contributed by atoms with Gasteiger partial charge < -0.3 is 4.74 Å². The molecule has 0 aliphatic heterocycles. The minimum absolute atomic E-state index is 0.339. The molecular formula is C14H19N5OS. The van der Waals surface area contributed by atoms with E-state index < -0.39 is 0 Å². The SMILES string of the molecule is CCOc1ccc(-n2c(N/N=C(\C)CC)nsc2=N)cc1. The van der Waals surface area contributed by atoms with Gasteiger partial charge in [0.25, 0.3) is 0 Å². The molecule has 1 heterocycles. The average molecular weight is 305 g/mol. The monoisotopic (exact) mass is 305 g/mol. The van der Waals surface area contributed by atoms with Gasteiger partial charge in [0.15, 0.2) is 0 Å². The van der Waals surface area contributed by atoms with Crippen molar-refractivity contribution in [3.8, 4) is 11.4 Å². The fraction of sp³-hybridized carbons (Fsp3) is 0.357. The molecule has 0 bridgehead atoms. The third-order valence-electron chi connectivity index (χ3n) is 2.90. The van der Waals surface area contributed by atoms with E-state index in [1.54, 1.807) is 4.57 Å². The molecule has 21 heavy (non-hydrogen) atoms. The van der Waals surface area contributed by atoms with Crippen LogP contribution in [-0.2, 0) is 0 Å². The Morgan fingerprint density at radius 3 is 2.71 bits per heavy atom. The van der Waals surface area contributed by atoms with Crippen LogP contribution in [0.3, 0.4) is 0 Å². The van der Waals surface area contributed by atoms with Crippen LogP contribution < -0.4 is 15.0 Å². The molecule has 0 radical (unpaired) electrons. The summed E-state index contributed by atoms with van der Waals surface area (Å²) in [6, 6.07) is 7.57. The van der Waals surface area contributed by atoms with Crippen molar-refractivity contribution in [1.82, 2.24) is 8.94 Å². The van der Waals surface area contributed by atoms with Crippen LogP contribution in [0.4, 0.5) is 5.95 Å². The second-order valence-corrected chi connectivity index (χ2v) is 5.14. The third-order valence-corrected chi connectivity index (χ3v) is 3.52. The molecule has 0 unspecified atom stereocenters. The molecule has 2 N–H and O–H groups in total. The molecule has 6 nitrogen and oxygen atoms in total. The topological polar surface area (TPSA) is 75.3 Å². The van der Waals surface area contributed by atoms with Crippen molar-refractivity contribution >= 4 is 23.2 Å². The van der Waals surface area contributed by atoms with Crippen molar-refractivity contribution in [2.75, 3.05) is 12.0 Å². The van der Waals surface area contributed by atoms with E-state index in [4.69, 9.17) is 10.1 Å². The molecule has 0 aliphatic rings. The summed E-state index contributed by atoms with van der Waals surface area (Å²) < 4.78 is 11.4. The summed E-state index contributed by atoms with van der Waals surface area (Å²) in [5.74, 6) is 1.35. The van der Waals surface area contributed by atoms with E-state index in [1.165, 1.54) is 0 Å². The summed E-state index contributed by atoms with van der Waals surface area (Å²) in [6.07, 6.45) is 0.869. The largest absolute Gasteiger partial charge is 0.494 e. The Bertz CT molecular complexity index is 671. The highest BCUT2D eigenvalue weighted by atomic mass is 32.1. The molecule has 0 saturated carbocycles. The summed E-state index contributed by atoms with van der Waals surface area (Å²) in [4.78, 5) is 0.339. The lowest BCUT2D eigenvalue weighted by Crippen LogP contribution is -2.13. The number of benzene rings is 1. The van der Waals surface area contributed by atoms with Crippen molar-refractivity contribution in [3.05, 3.63) is 29.1 Å². The third kappa shape index (κ3) is 3.69. The molecule has 1 aromatic heterocycles. The van der Waals surface area contributed by atoms with E-state index in [1.807, 2.05) is 45.0 Å². The van der Waals surface area contributed by atoms with E-state index in [2.05, 4.69) is 14.9 Å². The van der Waals surface area contributed by atoms with Gasteiger partial charge >= 0.3 is 0 Å². The van der Waals surface area contributed by atoms with E-state index in [9.17, 15) is 0 Å². The highest BCUT2D eigenvalue weighted by Crippen LogP contribution is 2.17. The second-order valence-electron chi connectivity index (χ2n) is 4.39. The minimum Gasteiger partial charge on any atom is -0.494 e. The first kappa shape index (κ1) is 15.2. The van der Waals surface area contributed by atoms with Crippen molar-refractivity contribution in [2.24, 2.45) is 5.10 Å². The zero-order valence-electron chi connectivity index (χ0n) is 12.4. The first-order valence-corrected chi connectivity index (χ1v) is 7.58. The molecule has 0 aliphatic carbocycles. The number of hydrogen-bond donors (Lipinski definition) is 2. The molecule has 2 rings (SSSR count). The van der Waals surface area contributed by atoms with Crippen LogP contribution in [0.1, 0.15) is 27.2 Å². The molecular weight excluding hydrogens is 286 g/mol. The molecule has 0 amide bonds. The Kier molecular flexibility index (Phi) is 5.10. The second kappa shape index (κ2) is 7.03. The standard InChI is InChI=1S/C14H19N5OS/c1-4-10(3)16-17-14-18-21-13(15)19(14)11-6-8-12(9-7-11)20-5-2/h6-9,15H,4-5H2,1-3H3,(H,17,18)/b15-13?,16-10+. The van der Waals surface area contributed by atoms with Crippen LogP contribution in [0.2, 0.25) is 0 Å². The summed E-state index contributed by atoms with van der Waals surface area (Å²) >= 11 is 1.12. The number of hydrazone groups is 1. The Labute approximate surface area is 127 Å². The van der Waals surface area contributed by atoms with Gasteiger partial charge in [-0.05, 0) is 44.5 Å². The van der Waals surface area contributed by atoms with Gasteiger partial charge in [0, 0.05) is 17.2 Å². The van der Waals surface area contributed by atoms with Gasteiger partial charge in [0.2, 0.25) is 10.7 Å². The fourth-order valence-corrected chi connectivity index (χ4v) is 2.23. The molecule has 7 heteroatoms. The van der Waals surface area contributed by atoms with Gasteiger partial charge in [-0.3, -0.25) is 9.98 Å². The number of rotatable bonds is 6. The lowest BCUT2D eigenvalue weighted by atomic mass is 10.3. The summed E-state index contributed by atoms with van der Waals surface area (Å²) in [6.45, 7) is 6.57. The van der Waals surface area contributed by atoms with Gasteiger partial charge in [-0.25, -0.2) is 5.43 Å². The number of nitrogens with zero attached hydrogens (tertiary/aromatic N) is 3. The van der Waals surface area contributed by atoms with E-state index >= 15 is 0 Å². The van der Waals surface area contributed by atoms with Gasteiger partial charge in [-0.15, -0.1) is 0 Å². The molecule has 0 fully saturated rings. The van der Waals surface area contributed by atoms with E-state index in [0.29, 0.717) is 17.4 Å². The summed E-state index contributed by atoms with van der Waals surface area (Å²) in [5, 5.41) is 12.2. The van der Waals surface area contributed by atoms with Crippen molar-refractivity contribution < 1.29 is 4.74 Å². The van der Waals surface area contributed by atoms with Crippen LogP contribution in [0.25, 0.3) is 5.69 Å². The maximum absolute atomic E-state index is 7.99. The predicted octanol–water partition coefficient (Wildman–Crippen LogP) is 3.01. The molecule has 112 valence electrons. The number of hydrogen-bond acceptors (Lipinski definition) is 6. The van der Waals surface area contributed by atoms with Crippen molar-refractivity contribution in [3.63, 3.8) is 0 Å². The fourth-order valence-electron chi connectivity index (χ4n) is 1.66. The van der Waals surface area contributed by atoms with E-state index in [-0.39, 0.29) is 0 Å². The van der Waals surface area contributed by atoms with Crippen LogP contribution >= 0.6 is 11.5 Å². The lowest BCUT2D eigenvalue weighted by Gasteiger charge is -2.08. The molecule has 0 atom stereocenters. The van der Waals surface area contributed by atoms with E-state index in [0.717, 1.165) is 35.1 Å². The van der Waals surface area contributed by atoms with Crippen LogP contribution in [0.5, 0.6) is 5.75 Å². The van der Waals surface area contributed by atoms with Crippen LogP contribution in [0.15, 0.2) is 29.4 Å². The summed E-state index contributed by atoms with van der Waals surface area (Å²) in [5.41, 5.74) is 4.75. The van der Waals surface area contributed by atoms with Gasteiger partial charge in [0.1, 0.15) is 5.75 Å². The maximum Gasteiger partial charge on any atom is 0.241 e. The normalized spacial score (nSPS) is 11.5. The Balaban J connectivity index is 2.30. The smallest absolute Gasteiger partial charge is 0.241 e. The number of aromatic nitrogens is 2. The number of nitrogens with one attached hydrogen (secondary N) is 2. The first-order chi connectivity index (χ1) is 10.2. The summed E-state index contributed by atoms with van der Waals surface area (Å²) in [7, 11) is 0. The highest BCUT2D eigenvalue weighted by molar-refractivity contribution is 7.03. The Morgan fingerprint density at radius 2 is 2.10 bits per heavy atom. The first-order valence-electron chi connectivity index (χ1n) is 6.81. The van der Waals surface area contributed by atoms with Gasteiger partial charge in [-0.2, -0.15) is 9.47 Å². The molecule has 2 aromatic rings. The van der Waals surface area contributed by atoms with Crippen molar-refractivity contribution in [1.29, 1.82) is 5.41 Å². The molecule has 1 aromatic carbocycles. The number of ether oxygens (including phenoxy) is 1. The zero-order chi connectivity index (χ0) is 15.2. The predicted molar refractivity (Wildman–Crippen MR) is 85.5 cm³/mol. The lowest BCUT2D eigenvalue weighted by molar-refractivity contribution is 0.340. The Hall–Kier alpha value is -2.15. The average Bonchev–Trinajstić information content (AvgIpc) is 2.87. The Morgan fingerprint density at radius 1 is 1.38 bits per heavy atom. The van der Waals surface area contributed by atoms with Gasteiger partial charge in [-0.1, -0.05) is 6.92 Å². The molecule has 0 saturated heterocycles. The maximum atomic E-state index is 7.99. The van der Waals surface area contributed by atoms with Crippen LogP contribution in [0, 0.1) is 5.41 Å². The minimum atomic E-state index is 0.339. The molecule has 0 spiro atoms. The van der Waals surface area contributed by atoms with Crippen molar-refractivity contribution in [2.45, 2.75) is 27.2 Å². The highest BCUT2D eigenvalue weighted by Gasteiger charge is 2.08.